The second kappa shape index (κ2) is 8.73. The molecule has 1 N–H and O–H groups in total. The summed E-state index contributed by atoms with van der Waals surface area (Å²) in [4.78, 5) is 33.7. The summed E-state index contributed by atoms with van der Waals surface area (Å²) in [5, 5.41) is 2.47. The van der Waals surface area contributed by atoms with Crippen LogP contribution >= 0.6 is 0 Å². The number of hydrogen-bond donors (Lipinski definition) is 1. The van der Waals surface area contributed by atoms with Crippen molar-refractivity contribution in [1.29, 1.82) is 0 Å². The van der Waals surface area contributed by atoms with Crippen LogP contribution in [0.2, 0.25) is 0 Å². The summed E-state index contributed by atoms with van der Waals surface area (Å²) in [6, 6.07) is 7.23. The van der Waals surface area contributed by atoms with E-state index in [0.717, 1.165) is 5.56 Å². The molecule has 0 bridgehead atoms. The van der Waals surface area contributed by atoms with Gasteiger partial charge in [-0.05, 0) is 24.1 Å². The van der Waals surface area contributed by atoms with Gasteiger partial charge < -0.3 is 19.6 Å². The van der Waals surface area contributed by atoms with Crippen molar-refractivity contribution in [3.63, 3.8) is 0 Å². The zero-order valence-electron chi connectivity index (χ0n) is 12.1. The molecule has 1 rings (SSSR count). The van der Waals surface area contributed by atoms with Gasteiger partial charge in [-0.15, -0.1) is 0 Å². The number of hydrogen-bond acceptors (Lipinski definition) is 5. The molecule has 0 aliphatic carbocycles. The third-order valence-electron chi connectivity index (χ3n) is 3.01. The number of esters is 1. The summed E-state index contributed by atoms with van der Waals surface area (Å²) in [5.74, 6) is -0.669. The molecule has 0 saturated carbocycles. The van der Waals surface area contributed by atoms with E-state index in [4.69, 9.17) is 4.74 Å². The molecule has 6 heteroatoms. The average Bonchev–Trinajstić information content (AvgIpc) is 2.52. The number of amides is 1. The van der Waals surface area contributed by atoms with Crippen LogP contribution in [-0.4, -0.2) is 38.9 Å². The number of ether oxygens (including phenoxy) is 2. The molecule has 1 aromatic carbocycles. The van der Waals surface area contributed by atoms with E-state index in [0.29, 0.717) is 18.5 Å². The quantitative estimate of drug-likeness (QED) is 0.564. The third-order valence-corrected chi connectivity index (χ3v) is 3.01. The lowest BCUT2D eigenvalue weighted by Crippen LogP contribution is -2.34. The fraction of sp³-hybridized carbons (Fsp3) is 0.400. The lowest BCUT2D eigenvalue weighted by Gasteiger charge is -2.15. The monoisotopic (exact) mass is 293 g/mol. The van der Waals surface area contributed by atoms with Crippen LogP contribution in [0.4, 0.5) is 0 Å². The highest BCUT2D eigenvalue weighted by molar-refractivity contribution is 5.85. The molecule has 21 heavy (non-hydrogen) atoms. The fourth-order valence-electron chi connectivity index (χ4n) is 1.87. The van der Waals surface area contributed by atoms with Crippen LogP contribution in [0.5, 0.6) is 5.75 Å². The first kappa shape index (κ1) is 16.7. The predicted molar refractivity (Wildman–Crippen MR) is 75.9 cm³/mol. The predicted octanol–water partition coefficient (Wildman–Crippen LogP) is 0.732. The third kappa shape index (κ3) is 5.64. The van der Waals surface area contributed by atoms with Crippen LogP contribution in [0.3, 0.4) is 0 Å². The summed E-state index contributed by atoms with van der Waals surface area (Å²) >= 11 is 0. The first-order valence-electron chi connectivity index (χ1n) is 6.51. The minimum Gasteiger partial charge on any atom is -0.497 e. The van der Waals surface area contributed by atoms with Crippen molar-refractivity contribution < 1.29 is 23.9 Å². The van der Waals surface area contributed by atoms with Gasteiger partial charge in [0.1, 0.15) is 12.0 Å². The summed E-state index contributed by atoms with van der Waals surface area (Å²) in [6.45, 7) is -0.0703. The Kier molecular flexibility index (Phi) is 6.94. The van der Waals surface area contributed by atoms with Crippen molar-refractivity contribution in [2.24, 2.45) is 5.92 Å². The summed E-state index contributed by atoms with van der Waals surface area (Å²) in [5.41, 5.74) is 0.894. The molecule has 1 aromatic rings. The molecule has 0 fully saturated rings. The van der Waals surface area contributed by atoms with Crippen molar-refractivity contribution in [2.75, 3.05) is 20.8 Å². The Hall–Kier alpha value is -2.37. The van der Waals surface area contributed by atoms with Gasteiger partial charge in [0.15, 0.2) is 0 Å². The number of carbonyl (C=O) groups is 3. The standard InChI is InChI=1S/C15H19NO5/c1-20-13-5-3-11(4-6-13)9-12(10-14(18)21-2)15(19)16-7-8-17/h3-6,8,12H,7,9-10H2,1-2H3,(H,16,19)/t12-/m1/s1. The molecule has 0 aliphatic heterocycles. The SMILES string of the molecule is COC(=O)C[C@@H](Cc1ccc(OC)cc1)C(=O)NCC=O. The minimum atomic E-state index is -0.578. The summed E-state index contributed by atoms with van der Waals surface area (Å²) < 4.78 is 9.67. The van der Waals surface area contributed by atoms with E-state index in [1.165, 1.54) is 7.11 Å². The van der Waals surface area contributed by atoms with Crippen molar-refractivity contribution in [2.45, 2.75) is 12.8 Å². The molecule has 0 saturated heterocycles. The normalized spacial score (nSPS) is 11.3. The molecule has 6 nitrogen and oxygen atoms in total. The zero-order chi connectivity index (χ0) is 15.7. The van der Waals surface area contributed by atoms with Gasteiger partial charge in [-0.3, -0.25) is 9.59 Å². The molecule has 1 atom stereocenters. The van der Waals surface area contributed by atoms with Crippen LogP contribution in [0.15, 0.2) is 24.3 Å². The minimum absolute atomic E-state index is 0.0345. The van der Waals surface area contributed by atoms with Gasteiger partial charge in [-0.25, -0.2) is 0 Å². The molecule has 0 aromatic heterocycles. The first-order valence-corrected chi connectivity index (χ1v) is 6.51. The van der Waals surface area contributed by atoms with Crippen LogP contribution < -0.4 is 10.1 Å². The highest BCUT2D eigenvalue weighted by Crippen LogP contribution is 2.17. The first-order chi connectivity index (χ1) is 10.1. The molecular weight excluding hydrogens is 274 g/mol. The van der Waals surface area contributed by atoms with Gasteiger partial charge in [0.25, 0.3) is 0 Å². The second-order valence-corrected chi connectivity index (χ2v) is 4.44. The van der Waals surface area contributed by atoms with Crippen LogP contribution in [0.1, 0.15) is 12.0 Å². The maximum atomic E-state index is 12.0. The largest absolute Gasteiger partial charge is 0.497 e. The van der Waals surface area contributed by atoms with Crippen molar-refractivity contribution in [1.82, 2.24) is 5.32 Å². The molecule has 0 aliphatic rings. The molecule has 0 heterocycles. The van der Waals surface area contributed by atoms with Crippen LogP contribution in [-0.2, 0) is 25.5 Å². The van der Waals surface area contributed by atoms with Crippen molar-refractivity contribution in [3.05, 3.63) is 29.8 Å². The molecule has 114 valence electrons. The Morgan fingerprint density at radius 3 is 2.43 bits per heavy atom. The lowest BCUT2D eigenvalue weighted by molar-refractivity contribution is -0.144. The Bertz CT molecular complexity index is 483. The van der Waals surface area contributed by atoms with Gasteiger partial charge in [-0.2, -0.15) is 0 Å². The maximum Gasteiger partial charge on any atom is 0.306 e. The van der Waals surface area contributed by atoms with Crippen molar-refractivity contribution in [3.8, 4) is 5.75 Å². The summed E-state index contributed by atoms with van der Waals surface area (Å²) in [6.07, 6.45) is 0.942. The Morgan fingerprint density at radius 1 is 1.24 bits per heavy atom. The number of rotatable bonds is 8. The van der Waals surface area contributed by atoms with E-state index in [2.05, 4.69) is 10.1 Å². The second-order valence-electron chi connectivity index (χ2n) is 4.44. The number of methoxy groups -OCH3 is 2. The van der Waals surface area contributed by atoms with E-state index >= 15 is 0 Å². The lowest BCUT2D eigenvalue weighted by atomic mass is 9.95. The molecule has 1 amide bonds. The molecule has 0 spiro atoms. The Morgan fingerprint density at radius 2 is 1.90 bits per heavy atom. The van der Waals surface area contributed by atoms with Gasteiger partial charge >= 0.3 is 5.97 Å². The van der Waals surface area contributed by atoms with E-state index in [1.54, 1.807) is 19.2 Å². The van der Waals surface area contributed by atoms with E-state index in [-0.39, 0.29) is 18.9 Å². The molecule has 0 unspecified atom stereocenters. The molecule has 0 radical (unpaired) electrons. The van der Waals surface area contributed by atoms with E-state index < -0.39 is 11.9 Å². The number of nitrogens with one attached hydrogen (secondary N) is 1. The highest BCUT2D eigenvalue weighted by Gasteiger charge is 2.22. The smallest absolute Gasteiger partial charge is 0.306 e. The summed E-state index contributed by atoms with van der Waals surface area (Å²) in [7, 11) is 2.85. The highest BCUT2D eigenvalue weighted by atomic mass is 16.5. The Balaban J connectivity index is 2.76. The van der Waals surface area contributed by atoms with Crippen molar-refractivity contribution >= 4 is 18.2 Å². The van der Waals surface area contributed by atoms with Crippen LogP contribution in [0.25, 0.3) is 0 Å². The van der Waals surface area contributed by atoms with Gasteiger partial charge in [0.2, 0.25) is 5.91 Å². The topological polar surface area (TPSA) is 81.7 Å². The molecular formula is C15H19NO5. The van der Waals surface area contributed by atoms with E-state index in [1.807, 2.05) is 12.1 Å². The average molecular weight is 293 g/mol. The number of aldehydes is 1. The number of carbonyl (C=O) groups excluding carboxylic acids is 3. The van der Waals surface area contributed by atoms with E-state index in [9.17, 15) is 14.4 Å². The fourth-order valence-corrected chi connectivity index (χ4v) is 1.87. The maximum absolute atomic E-state index is 12.0. The van der Waals surface area contributed by atoms with Crippen LogP contribution in [0, 0.1) is 5.92 Å². The van der Waals surface area contributed by atoms with Gasteiger partial charge in [-0.1, -0.05) is 12.1 Å². The zero-order valence-corrected chi connectivity index (χ0v) is 12.1. The number of benzene rings is 1. The Labute approximate surface area is 123 Å². The van der Waals surface area contributed by atoms with Gasteiger partial charge in [0.05, 0.1) is 33.1 Å². The van der Waals surface area contributed by atoms with Gasteiger partial charge in [0, 0.05) is 0 Å².